The molecule has 1 aliphatic heterocycles. The molecule has 0 spiro atoms. The first-order chi connectivity index (χ1) is 11.0. The summed E-state index contributed by atoms with van der Waals surface area (Å²) in [5, 5.41) is 21.3. The average Bonchev–Trinajstić information content (AvgIpc) is 2.48. The maximum absolute atomic E-state index is 14.0. The number of rotatable bonds is 3. The number of hydrogen-bond acceptors (Lipinski definition) is 3. The number of aliphatic hydroxyl groups is 1. The molecule has 1 fully saturated rings. The minimum absolute atomic E-state index is 0.00330. The third-order valence-corrected chi connectivity index (χ3v) is 4.33. The highest BCUT2D eigenvalue weighted by Gasteiger charge is 2.41. The average molecular weight is 335 g/mol. The van der Waals surface area contributed by atoms with Crippen molar-refractivity contribution < 1.29 is 13.9 Å². The maximum Gasteiger partial charge on any atom is 0.135 e. The Bertz CT molecular complexity index is 750. The van der Waals surface area contributed by atoms with Gasteiger partial charge in [-0.15, -0.1) is 0 Å². The van der Waals surface area contributed by atoms with Crippen LogP contribution in [0.1, 0.15) is 11.5 Å². The van der Waals surface area contributed by atoms with Crippen molar-refractivity contribution in [3.8, 4) is 17.2 Å². The molecule has 1 heterocycles. The summed E-state index contributed by atoms with van der Waals surface area (Å²) in [5.41, 5.74) is 1.10. The summed E-state index contributed by atoms with van der Waals surface area (Å²) < 4.78 is 27.9. The third kappa shape index (κ3) is 2.81. The van der Waals surface area contributed by atoms with Gasteiger partial charge in [0.05, 0.1) is 18.2 Å². The van der Waals surface area contributed by atoms with Crippen molar-refractivity contribution in [1.29, 1.82) is 5.26 Å². The molecule has 0 bridgehead atoms. The Balaban J connectivity index is 1.93. The van der Waals surface area contributed by atoms with E-state index in [1.807, 2.05) is 0 Å². The molecule has 0 aromatic heterocycles. The smallest absolute Gasteiger partial charge is 0.135 e. The van der Waals surface area contributed by atoms with Crippen LogP contribution in [0.15, 0.2) is 36.4 Å². The van der Waals surface area contributed by atoms with E-state index in [9.17, 15) is 13.9 Å². The van der Waals surface area contributed by atoms with Gasteiger partial charge < -0.3 is 5.11 Å². The predicted molar refractivity (Wildman–Crippen MR) is 83.0 cm³/mol. The number of aliphatic hydroxyl groups excluding tert-OH is 1. The summed E-state index contributed by atoms with van der Waals surface area (Å²) in [6.45, 7) is -0.0783. The van der Waals surface area contributed by atoms with E-state index < -0.39 is 11.6 Å². The molecule has 3 nitrogen and oxygen atoms in total. The second-order valence-corrected chi connectivity index (χ2v) is 5.89. The molecular formula is C17H13ClF2N2O. The molecule has 1 aliphatic rings. The van der Waals surface area contributed by atoms with Gasteiger partial charge in [-0.1, -0.05) is 35.9 Å². The molecule has 1 saturated heterocycles. The minimum Gasteiger partial charge on any atom is -0.395 e. The van der Waals surface area contributed by atoms with Gasteiger partial charge in [-0.3, -0.25) is 5.32 Å². The van der Waals surface area contributed by atoms with Crippen molar-refractivity contribution in [3.63, 3.8) is 0 Å². The molecule has 6 heteroatoms. The predicted octanol–water partition coefficient (Wildman–Crippen LogP) is 3.23. The molecule has 3 atom stereocenters. The Labute approximate surface area is 137 Å². The van der Waals surface area contributed by atoms with Gasteiger partial charge >= 0.3 is 0 Å². The fraction of sp³-hybridized carbons (Fsp3) is 0.235. The lowest BCUT2D eigenvalue weighted by Gasteiger charge is -2.41. The number of nitrogens with one attached hydrogen (secondary N) is 1. The summed E-state index contributed by atoms with van der Waals surface area (Å²) >= 11 is 5.63. The zero-order chi connectivity index (χ0) is 16.6. The topological polar surface area (TPSA) is 56.0 Å². The Kier molecular flexibility index (Phi) is 4.31. The minimum atomic E-state index is -0.726. The number of hydrogen-bond donors (Lipinski definition) is 2. The molecule has 2 aromatic carbocycles. The van der Waals surface area contributed by atoms with Crippen molar-refractivity contribution in [2.24, 2.45) is 0 Å². The largest absolute Gasteiger partial charge is 0.395 e. The zero-order valence-corrected chi connectivity index (χ0v) is 12.7. The van der Waals surface area contributed by atoms with Crippen LogP contribution in [0.2, 0.25) is 5.02 Å². The number of halogens is 3. The third-order valence-electron chi connectivity index (χ3n) is 4.11. The van der Waals surface area contributed by atoms with Crippen LogP contribution in [0.25, 0.3) is 11.1 Å². The molecule has 0 amide bonds. The van der Waals surface area contributed by atoms with Crippen LogP contribution in [0.3, 0.4) is 0 Å². The van der Waals surface area contributed by atoms with Crippen molar-refractivity contribution in [2.75, 3.05) is 6.61 Å². The van der Waals surface area contributed by atoms with E-state index in [1.54, 1.807) is 24.3 Å². The maximum atomic E-state index is 14.0. The van der Waals surface area contributed by atoms with Crippen molar-refractivity contribution in [2.45, 2.75) is 18.0 Å². The van der Waals surface area contributed by atoms with Gasteiger partial charge in [-0.25, -0.2) is 8.78 Å². The Morgan fingerprint density at radius 1 is 1.17 bits per heavy atom. The Hall–Kier alpha value is -2.00. The van der Waals surface area contributed by atoms with E-state index in [-0.39, 0.29) is 35.2 Å². The van der Waals surface area contributed by atoms with Crippen LogP contribution >= 0.6 is 11.6 Å². The quantitative estimate of drug-likeness (QED) is 0.906. The van der Waals surface area contributed by atoms with E-state index in [0.29, 0.717) is 5.56 Å². The number of nitrogens with zero attached hydrogens (tertiary/aromatic N) is 1. The standard InChI is InChI=1S/C17H13ClF2N2O/c18-11-5-12(19)16(13(20)6-11)9-1-3-10(4-2-9)17-14(7-21)22-15(17)8-23/h1-6,14-15,17,22-23H,8H2/t14-,15-,17-/m0/s1. The van der Waals surface area contributed by atoms with E-state index in [4.69, 9.17) is 16.9 Å². The molecule has 23 heavy (non-hydrogen) atoms. The van der Waals surface area contributed by atoms with Crippen LogP contribution in [0.4, 0.5) is 8.78 Å². The Morgan fingerprint density at radius 3 is 2.30 bits per heavy atom. The summed E-state index contributed by atoms with van der Waals surface area (Å²) in [5.74, 6) is -1.59. The molecule has 0 radical (unpaired) electrons. The fourth-order valence-electron chi connectivity index (χ4n) is 2.95. The van der Waals surface area contributed by atoms with Crippen LogP contribution in [0, 0.1) is 23.0 Å². The normalized spacial score (nSPS) is 23.2. The van der Waals surface area contributed by atoms with E-state index in [2.05, 4.69) is 11.4 Å². The first-order valence-corrected chi connectivity index (χ1v) is 7.44. The second kappa shape index (κ2) is 6.25. The van der Waals surface area contributed by atoms with E-state index >= 15 is 0 Å². The van der Waals surface area contributed by atoms with Gasteiger partial charge in [0.1, 0.15) is 17.7 Å². The molecule has 0 saturated carbocycles. The highest BCUT2D eigenvalue weighted by atomic mass is 35.5. The zero-order valence-electron chi connectivity index (χ0n) is 11.9. The molecule has 2 aromatic rings. The van der Waals surface area contributed by atoms with Gasteiger partial charge in [0.15, 0.2) is 0 Å². The first-order valence-electron chi connectivity index (χ1n) is 7.06. The van der Waals surface area contributed by atoms with Crippen molar-refractivity contribution in [1.82, 2.24) is 5.32 Å². The SMILES string of the molecule is N#C[C@@H]1N[C@@H](CO)[C@H]1c1ccc(-c2c(F)cc(Cl)cc2F)cc1. The number of nitriles is 1. The van der Waals surface area contributed by atoms with E-state index in [1.165, 1.54) is 0 Å². The summed E-state index contributed by atoms with van der Waals surface area (Å²) in [6.07, 6.45) is 0. The lowest BCUT2D eigenvalue weighted by Crippen LogP contribution is -2.60. The monoisotopic (exact) mass is 334 g/mol. The highest BCUT2D eigenvalue weighted by Crippen LogP contribution is 2.34. The van der Waals surface area contributed by atoms with Crippen LogP contribution in [0.5, 0.6) is 0 Å². The van der Waals surface area contributed by atoms with Gasteiger partial charge in [0, 0.05) is 17.0 Å². The van der Waals surface area contributed by atoms with Gasteiger partial charge in [-0.2, -0.15) is 5.26 Å². The molecule has 0 aliphatic carbocycles. The van der Waals surface area contributed by atoms with Crippen LogP contribution in [-0.2, 0) is 0 Å². The fourth-order valence-corrected chi connectivity index (χ4v) is 3.14. The summed E-state index contributed by atoms with van der Waals surface area (Å²) in [6, 6.07) is 10.4. The molecule has 3 rings (SSSR count). The van der Waals surface area contributed by atoms with E-state index in [0.717, 1.165) is 17.7 Å². The molecule has 118 valence electrons. The number of benzene rings is 2. The molecule has 0 unspecified atom stereocenters. The van der Waals surface area contributed by atoms with Gasteiger partial charge in [0.2, 0.25) is 0 Å². The summed E-state index contributed by atoms with van der Waals surface area (Å²) in [4.78, 5) is 0. The second-order valence-electron chi connectivity index (χ2n) is 5.45. The Morgan fingerprint density at radius 2 is 1.78 bits per heavy atom. The lowest BCUT2D eigenvalue weighted by molar-refractivity contribution is 0.151. The van der Waals surface area contributed by atoms with Crippen LogP contribution < -0.4 is 5.32 Å². The summed E-state index contributed by atoms with van der Waals surface area (Å²) in [7, 11) is 0. The molecule has 2 N–H and O–H groups in total. The van der Waals surface area contributed by atoms with Crippen molar-refractivity contribution >= 4 is 11.6 Å². The highest BCUT2D eigenvalue weighted by molar-refractivity contribution is 6.30. The first kappa shape index (κ1) is 15.9. The van der Waals surface area contributed by atoms with Gasteiger partial charge in [-0.05, 0) is 23.3 Å². The van der Waals surface area contributed by atoms with Crippen LogP contribution in [-0.4, -0.2) is 23.8 Å². The lowest BCUT2D eigenvalue weighted by atomic mass is 9.78. The molecular weight excluding hydrogens is 322 g/mol. The van der Waals surface area contributed by atoms with Crippen molar-refractivity contribution in [3.05, 3.63) is 58.6 Å². The van der Waals surface area contributed by atoms with Gasteiger partial charge in [0.25, 0.3) is 0 Å².